The molecule has 3 heterocycles. The number of amides is 1. The van der Waals surface area contributed by atoms with Gasteiger partial charge in [0.1, 0.15) is 0 Å². The number of carbonyl (C=O) groups is 1. The summed E-state index contributed by atoms with van der Waals surface area (Å²) >= 11 is 0. The molecule has 2 aliphatic heterocycles. The predicted molar refractivity (Wildman–Crippen MR) is 106 cm³/mol. The Labute approximate surface area is 160 Å². The lowest BCUT2D eigenvalue weighted by atomic mass is 9.78. The quantitative estimate of drug-likeness (QED) is 0.849. The van der Waals surface area contributed by atoms with Crippen LogP contribution in [0.25, 0.3) is 10.9 Å². The standard InChI is InChI=1S/C22H30N2O3/c25-13-7-17-8-14-27-22(15-17)9-11-24(12-10-22)21(26)6-5-18-16-23-20-4-2-1-3-19(18)20/h1-4,16-17,23,25H,5-15H2/t17-/m0/s1. The topological polar surface area (TPSA) is 65.6 Å². The van der Waals surface area contributed by atoms with Crippen LogP contribution in [0.5, 0.6) is 0 Å². The summed E-state index contributed by atoms with van der Waals surface area (Å²) in [4.78, 5) is 18.0. The first-order chi connectivity index (χ1) is 13.2. The van der Waals surface area contributed by atoms with Crippen LogP contribution in [-0.4, -0.2) is 52.8 Å². The minimum absolute atomic E-state index is 0.0638. The number of aliphatic hydroxyl groups is 1. The molecule has 0 unspecified atom stereocenters. The number of fused-ring (bicyclic) bond motifs is 1. The molecule has 2 N–H and O–H groups in total. The van der Waals surface area contributed by atoms with Crippen molar-refractivity contribution < 1.29 is 14.6 Å². The number of aromatic amines is 1. The van der Waals surface area contributed by atoms with Gasteiger partial charge in [0, 0.05) is 49.8 Å². The van der Waals surface area contributed by atoms with E-state index in [9.17, 15) is 9.90 Å². The Morgan fingerprint density at radius 2 is 2.11 bits per heavy atom. The number of ether oxygens (including phenoxy) is 1. The van der Waals surface area contributed by atoms with E-state index in [4.69, 9.17) is 4.74 Å². The van der Waals surface area contributed by atoms with Gasteiger partial charge in [0.25, 0.3) is 0 Å². The molecule has 1 amide bonds. The molecule has 146 valence electrons. The minimum atomic E-state index is -0.0638. The van der Waals surface area contributed by atoms with Gasteiger partial charge in [-0.3, -0.25) is 4.79 Å². The number of hydrogen-bond donors (Lipinski definition) is 2. The Kier molecular flexibility index (Phi) is 5.50. The second-order valence-corrected chi connectivity index (χ2v) is 8.14. The first kappa shape index (κ1) is 18.5. The van der Waals surface area contributed by atoms with Crippen LogP contribution < -0.4 is 0 Å². The Morgan fingerprint density at radius 3 is 2.93 bits per heavy atom. The second-order valence-electron chi connectivity index (χ2n) is 8.14. The van der Waals surface area contributed by atoms with Crippen LogP contribution >= 0.6 is 0 Å². The van der Waals surface area contributed by atoms with E-state index in [1.807, 2.05) is 23.2 Å². The number of hydrogen-bond acceptors (Lipinski definition) is 3. The summed E-state index contributed by atoms with van der Waals surface area (Å²) in [5.74, 6) is 0.811. The molecule has 2 saturated heterocycles. The largest absolute Gasteiger partial charge is 0.396 e. The first-order valence-corrected chi connectivity index (χ1v) is 10.3. The molecular formula is C22H30N2O3. The molecule has 1 aromatic carbocycles. The number of piperidine rings is 1. The third kappa shape index (κ3) is 4.04. The van der Waals surface area contributed by atoms with Crippen LogP contribution in [0.3, 0.4) is 0 Å². The van der Waals surface area contributed by atoms with Crippen molar-refractivity contribution in [2.75, 3.05) is 26.3 Å². The molecule has 2 aromatic rings. The van der Waals surface area contributed by atoms with Crippen LogP contribution in [0.4, 0.5) is 0 Å². The van der Waals surface area contributed by atoms with Crippen molar-refractivity contribution in [2.24, 2.45) is 5.92 Å². The van der Waals surface area contributed by atoms with Crippen LogP contribution in [0.2, 0.25) is 0 Å². The molecule has 5 nitrogen and oxygen atoms in total. The fourth-order valence-corrected chi connectivity index (χ4v) is 4.81. The molecule has 0 radical (unpaired) electrons. The molecule has 2 fully saturated rings. The maximum Gasteiger partial charge on any atom is 0.222 e. The van der Waals surface area contributed by atoms with E-state index in [0.29, 0.717) is 12.3 Å². The number of para-hydroxylation sites is 1. The van der Waals surface area contributed by atoms with E-state index < -0.39 is 0 Å². The van der Waals surface area contributed by atoms with Crippen LogP contribution in [0, 0.1) is 5.92 Å². The molecule has 1 aromatic heterocycles. The fourth-order valence-electron chi connectivity index (χ4n) is 4.81. The zero-order chi connectivity index (χ0) is 18.7. The van der Waals surface area contributed by atoms with Gasteiger partial charge in [0.15, 0.2) is 0 Å². The summed E-state index contributed by atoms with van der Waals surface area (Å²) in [6.07, 6.45) is 8.17. The number of nitrogens with zero attached hydrogens (tertiary/aromatic N) is 1. The molecule has 27 heavy (non-hydrogen) atoms. The molecule has 0 aliphatic carbocycles. The normalized spacial score (nSPS) is 22.4. The summed E-state index contributed by atoms with van der Waals surface area (Å²) in [7, 11) is 0. The smallest absolute Gasteiger partial charge is 0.222 e. The van der Waals surface area contributed by atoms with Crippen molar-refractivity contribution in [2.45, 2.75) is 50.5 Å². The van der Waals surface area contributed by atoms with Crippen LogP contribution in [-0.2, 0) is 16.0 Å². The lowest BCUT2D eigenvalue weighted by molar-refractivity contribution is -0.147. The van der Waals surface area contributed by atoms with Crippen LogP contribution in [0.15, 0.2) is 30.5 Å². The summed E-state index contributed by atoms with van der Waals surface area (Å²) in [6.45, 7) is 2.63. The lowest BCUT2D eigenvalue weighted by Gasteiger charge is -2.46. The summed E-state index contributed by atoms with van der Waals surface area (Å²) in [5.41, 5.74) is 2.28. The number of aryl methyl sites for hydroxylation is 1. The molecule has 1 atom stereocenters. The average molecular weight is 370 g/mol. The highest BCUT2D eigenvalue weighted by Gasteiger charge is 2.40. The maximum atomic E-state index is 12.7. The van der Waals surface area contributed by atoms with E-state index in [-0.39, 0.29) is 18.1 Å². The van der Waals surface area contributed by atoms with Crippen molar-refractivity contribution in [3.8, 4) is 0 Å². The van der Waals surface area contributed by atoms with Crippen molar-refractivity contribution in [3.63, 3.8) is 0 Å². The predicted octanol–water partition coefficient (Wildman–Crippen LogP) is 3.27. The number of rotatable bonds is 5. The maximum absolute atomic E-state index is 12.7. The summed E-state index contributed by atoms with van der Waals surface area (Å²) < 4.78 is 6.15. The van der Waals surface area contributed by atoms with Gasteiger partial charge >= 0.3 is 0 Å². The van der Waals surface area contributed by atoms with Gasteiger partial charge in [-0.1, -0.05) is 18.2 Å². The van der Waals surface area contributed by atoms with E-state index in [1.54, 1.807) is 0 Å². The van der Waals surface area contributed by atoms with E-state index in [0.717, 1.165) is 63.7 Å². The van der Waals surface area contributed by atoms with Gasteiger partial charge in [-0.05, 0) is 56.1 Å². The minimum Gasteiger partial charge on any atom is -0.396 e. The van der Waals surface area contributed by atoms with Crippen molar-refractivity contribution in [1.29, 1.82) is 0 Å². The van der Waals surface area contributed by atoms with E-state index >= 15 is 0 Å². The summed E-state index contributed by atoms with van der Waals surface area (Å²) in [6, 6.07) is 8.24. The third-order valence-corrected chi connectivity index (χ3v) is 6.44. The highest BCUT2D eigenvalue weighted by molar-refractivity contribution is 5.84. The van der Waals surface area contributed by atoms with E-state index in [1.165, 1.54) is 10.9 Å². The molecule has 0 bridgehead atoms. The number of carbonyl (C=O) groups excluding carboxylic acids is 1. The van der Waals surface area contributed by atoms with Crippen LogP contribution in [0.1, 0.15) is 44.1 Å². The third-order valence-electron chi connectivity index (χ3n) is 6.44. The fraction of sp³-hybridized carbons (Fsp3) is 0.591. The zero-order valence-electron chi connectivity index (χ0n) is 16.0. The van der Waals surface area contributed by atoms with Crippen molar-refractivity contribution >= 4 is 16.8 Å². The molecule has 5 heteroatoms. The van der Waals surface area contributed by atoms with Gasteiger partial charge in [-0.25, -0.2) is 0 Å². The Bertz CT molecular complexity index is 775. The number of benzene rings is 1. The Hall–Kier alpha value is -1.85. The van der Waals surface area contributed by atoms with Gasteiger partial charge in [0.05, 0.1) is 5.60 Å². The molecule has 1 spiro atoms. The number of nitrogens with one attached hydrogen (secondary N) is 1. The van der Waals surface area contributed by atoms with Gasteiger partial charge in [-0.15, -0.1) is 0 Å². The van der Waals surface area contributed by atoms with E-state index in [2.05, 4.69) is 17.1 Å². The number of aromatic nitrogens is 1. The highest BCUT2D eigenvalue weighted by Crippen LogP contribution is 2.38. The lowest BCUT2D eigenvalue weighted by Crippen LogP contribution is -2.50. The Balaban J connectivity index is 1.30. The monoisotopic (exact) mass is 370 g/mol. The van der Waals surface area contributed by atoms with Crippen molar-refractivity contribution in [3.05, 3.63) is 36.0 Å². The highest BCUT2D eigenvalue weighted by atomic mass is 16.5. The molecular weight excluding hydrogens is 340 g/mol. The SMILES string of the molecule is O=C(CCc1c[nH]c2ccccc12)N1CCC2(CC1)C[C@@H](CCO)CCO2. The van der Waals surface area contributed by atoms with Gasteiger partial charge in [-0.2, -0.15) is 0 Å². The Morgan fingerprint density at radius 1 is 1.30 bits per heavy atom. The number of likely N-dealkylation sites (tertiary alicyclic amines) is 1. The zero-order valence-corrected chi connectivity index (χ0v) is 16.0. The second kappa shape index (κ2) is 8.03. The number of aliphatic hydroxyl groups excluding tert-OH is 1. The van der Waals surface area contributed by atoms with Crippen molar-refractivity contribution in [1.82, 2.24) is 9.88 Å². The average Bonchev–Trinajstić information content (AvgIpc) is 3.10. The summed E-state index contributed by atoms with van der Waals surface area (Å²) in [5, 5.41) is 10.4. The molecule has 2 aliphatic rings. The van der Waals surface area contributed by atoms with Gasteiger partial charge < -0.3 is 19.7 Å². The molecule has 4 rings (SSSR count). The first-order valence-electron chi connectivity index (χ1n) is 10.3. The molecule has 0 saturated carbocycles. The van der Waals surface area contributed by atoms with Gasteiger partial charge in [0.2, 0.25) is 5.91 Å². The number of H-pyrrole nitrogens is 1.